The third-order valence-electron chi connectivity index (χ3n) is 5.44. The number of fused-ring (bicyclic) bond motifs is 3. The van der Waals surface area contributed by atoms with Gasteiger partial charge >= 0.3 is 33.5 Å². The van der Waals surface area contributed by atoms with E-state index in [1.165, 1.54) is 0 Å². The molecule has 0 amide bonds. The molecule has 7 nitrogen and oxygen atoms in total. The van der Waals surface area contributed by atoms with Crippen LogP contribution in [-0.2, 0) is 33.0 Å². The summed E-state index contributed by atoms with van der Waals surface area (Å²) in [6.45, 7) is 1.97. The summed E-state index contributed by atoms with van der Waals surface area (Å²) in [6, 6.07) is 24.3. The summed E-state index contributed by atoms with van der Waals surface area (Å²) in [5.41, 5.74) is 6.07. The molecule has 0 atom stereocenters. The van der Waals surface area contributed by atoms with Crippen molar-refractivity contribution in [3.8, 4) is 0 Å². The standard InChI is InChI=1S/C24H21N7.2ClH.Cr/c1-2-8-17-16(7-1)25-22(26-17)13-31(14-23-27-18-9-3-4-10-19(18)28-23)15-24-29-20-11-5-6-12-21(20)30-24;;;/h1-12H,13-15H2,(H,25,26)(H,27,28)(H,29,30);2*1H;/q;;;+2/p-2. The van der Waals surface area contributed by atoms with Crippen molar-refractivity contribution >= 4 is 53.2 Å². The molecule has 6 rings (SSSR count). The first kappa shape index (κ1) is 22.9. The monoisotopic (exact) mass is 529 g/mol. The Labute approximate surface area is 210 Å². The molecule has 0 aliphatic rings. The van der Waals surface area contributed by atoms with Gasteiger partial charge in [0.25, 0.3) is 0 Å². The van der Waals surface area contributed by atoms with Crippen molar-refractivity contribution in [2.24, 2.45) is 0 Å². The molecular formula is C24H21Cl2CrN7. The van der Waals surface area contributed by atoms with Crippen LogP contribution in [0.15, 0.2) is 72.8 Å². The second-order valence-corrected chi connectivity index (χ2v) is 9.91. The second-order valence-electron chi connectivity index (χ2n) is 7.81. The van der Waals surface area contributed by atoms with Gasteiger partial charge < -0.3 is 15.0 Å². The second kappa shape index (κ2) is 10.6. The minimum atomic E-state index is -0.181. The number of hydrogen-bond donors (Lipinski definition) is 3. The van der Waals surface area contributed by atoms with Crippen LogP contribution in [0, 0.1) is 0 Å². The Kier molecular flexibility index (Phi) is 7.14. The van der Waals surface area contributed by atoms with E-state index < -0.39 is 0 Å². The van der Waals surface area contributed by atoms with Gasteiger partial charge in [-0.1, -0.05) is 36.4 Å². The molecule has 0 fully saturated rings. The van der Waals surface area contributed by atoms with Crippen LogP contribution in [0.5, 0.6) is 0 Å². The van der Waals surface area contributed by atoms with Crippen molar-refractivity contribution in [3.05, 3.63) is 90.3 Å². The van der Waals surface area contributed by atoms with Crippen LogP contribution in [0.1, 0.15) is 17.5 Å². The summed E-state index contributed by atoms with van der Waals surface area (Å²) in [6.07, 6.45) is 0. The molecule has 0 spiro atoms. The first-order chi connectivity index (χ1) is 16.7. The molecule has 10 heteroatoms. The maximum Gasteiger partial charge on any atom is 0.121 e. The summed E-state index contributed by atoms with van der Waals surface area (Å²) < 4.78 is 0. The van der Waals surface area contributed by atoms with Crippen molar-refractivity contribution in [1.29, 1.82) is 0 Å². The van der Waals surface area contributed by atoms with Crippen molar-refractivity contribution in [2.75, 3.05) is 0 Å². The molecule has 172 valence electrons. The molecule has 0 radical (unpaired) electrons. The molecule has 6 aromatic rings. The Morgan fingerprint density at radius 1 is 0.559 bits per heavy atom. The summed E-state index contributed by atoms with van der Waals surface area (Å²) in [7, 11) is 9.65. The number of para-hydroxylation sites is 6. The third kappa shape index (κ3) is 5.28. The van der Waals surface area contributed by atoms with Gasteiger partial charge in [0.1, 0.15) is 17.5 Å². The van der Waals surface area contributed by atoms with Crippen LogP contribution >= 0.6 is 20.1 Å². The van der Waals surface area contributed by atoms with Crippen molar-refractivity contribution in [3.63, 3.8) is 0 Å². The molecule has 0 aliphatic carbocycles. The number of H-pyrrole nitrogens is 3. The van der Waals surface area contributed by atoms with Crippen molar-refractivity contribution in [1.82, 2.24) is 34.8 Å². The van der Waals surface area contributed by atoms with E-state index in [0.717, 1.165) is 50.6 Å². The van der Waals surface area contributed by atoms with E-state index in [-0.39, 0.29) is 13.4 Å². The third-order valence-corrected chi connectivity index (χ3v) is 5.44. The van der Waals surface area contributed by atoms with Gasteiger partial charge in [-0.2, -0.15) is 0 Å². The zero-order valence-corrected chi connectivity index (χ0v) is 20.8. The fourth-order valence-corrected chi connectivity index (χ4v) is 4.04. The van der Waals surface area contributed by atoms with Gasteiger partial charge in [-0.05, 0) is 36.4 Å². The number of rotatable bonds is 6. The number of imidazole rings is 3. The summed E-state index contributed by atoms with van der Waals surface area (Å²) in [5.74, 6) is 2.77. The van der Waals surface area contributed by atoms with Gasteiger partial charge in [0.05, 0.1) is 52.7 Å². The van der Waals surface area contributed by atoms with Gasteiger partial charge in [-0.3, -0.25) is 4.90 Å². The summed E-state index contributed by atoms with van der Waals surface area (Å²) in [4.78, 5) is 26.9. The molecule has 3 N–H and O–H groups in total. The largest absolute Gasteiger partial charge is 0.341 e. The quantitative estimate of drug-likeness (QED) is 0.251. The number of hydrogen-bond acceptors (Lipinski definition) is 4. The molecule has 3 aromatic carbocycles. The van der Waals surface area contributed by atoms with E-state index >= 15 is 0 Å². The van der Waals surface area contributed by atoms with Gasteiger partial charge in [-0.15, -0.1) is 0 Å². The Morgan fingerprint density at radius 3 is 1.15 bits per heavy atom. The number of benzene rings is 3. The molecule has 0 unspecified atom stereocenters. The maximum absolute atomic E-state index is 4.83. The first-order valence-electron chi connectivity index (χ1n) is 10.6. The van der Waals surface area contributed by atoms with Crippen LogP contribution < -0.4 is 0 Å². The van der Waals surface area contributed by atoms with Gasteiger partial charge in [0.15, 0.2) is 0 Å². The van der Waals surface area contributed by atoms with Crippen LogP contribution in [0.2, 0.25) is 0 Å². The molecule has 3 aromatic heterocycles. The molecular weight excluding hydrogens is 509 g/mol. The average Bonchev–Trinajstić information content (AvgIpc) is 3.54. The number of nitrogens with zero attached hydrogens (tertiary/aromatic N) is 4. The molecule has 0 aliphatic heterocycles. The minimum Gasteiger partial charge on any atom is -0.341 e. The van der Waals surface area contributed by atoms with E-state index in [4.69, 9.17) is 35.1 Å². The maximum atomic E-state index is 4.83. The molecule has 0 saturated carbocycles. The van der Waals surface area contributed by atoms with Gasteiger partial charge in [0, 0.05) is 0 Å². The van der Waals surface area contributed by atoms with Crippen LogP contribution in [0.25, 0.3) is 33.1 Å². The van der Waals surface area contributed by atoms with E-state index in [1.807, 2.05) is 54.6 Å². The van der Waals surface area contributed by atoms with E-state index in [1.54, 1.807) is 0 Å². The predicted molar refractivity (Wildman–Crippen MR) is 133 cm³/mol. The van der Waals surface area contributed by atoms with Gasteiger partial charge in [-0.25, -0.2) is 15.0 Å². The zero-order valence-electron chi connectivity index (χ0n) is 18.0. The molecule has 3 heterocycles. The number of aromatic nitrogens is 6. The zero-order chi connectivity index (χ0) is 23.3. The Hall–Kier alpha value is -2.86. The van der Waals surface area contributed by atoms with E-state index in [2.05, 4.69) is 38.1 Å². The average molecular weight is 530 g/mol. The van der Waals surface area contributed by atoms with Crippen molar-refractivity contribution < 1.29 is 13.4 Å². The van der Waals surface area contributed by atoms with Gasteiger partial charge in [0.2, 0.25) is 0 Å². The number of aromatic amines is 3. The minimum absolute atomic E-state index is 0.181. The predicted octanol–water partition coefficient (Wildman–Crippen LogP) is 5.89. The summed E-state index contributed by atoms with van der Waals surface area (Å²) >= 11 is -0.181. The topological polar surface area (TPSA) is 89.3 Å². The normalized spacial score (nSPS) is 11.4. The Morgan fingerprint density at radius 2 is 0.853 bits per heavy atom. The summed E-state index contributed by atoms with van der Waals surface area (Å²) in [5, 5.41) is 0. The molecule has 0 saturated heterocycles. The number of halogens is 2. The molecule has 0 bridgehead atoms. The van der Waals surface area contributed by atoms with Crippen LogP contribution in [0.3, 0.4) is 0 Å². The fourth-order valence-electron chi connectivity index (χ4n) is 4.04. The smallest absolute Gasteiger partial charge is 0.121 e. The van der Waals surface area contributed by atoms with E-state index in [9.17, 15) is 0 Å². The fraction of sp³-hybridized carbons (Fsp3) is 0.125. The van der Waals surface area contributed by atoms with E-state index in [0.29, 0.717) is 19.6 Å². The molecule has 34 heavy (non-hydrogen) atoms. The van der Waals surface area contributed by atoms with Crippen LogP contribution in [0.4, 0.5) is 0 Å². The Bertz CT molecular complexity index is 1240. The van der Waals surface area contributed by atoms with Crippen LogP contribution in [-0.4, -0.2) is 34.8 Å². The Balaban J connectivity index is 0.000000764. The SMILES string of the molecule is [Cl][Cr][Cl].c1ccc2[nH]c(CN(Cc3nc4ccccc4[nH]3)Cc3nc4ccccc4[nH]3)nc2c1. The number of nitrogens with one attached hydrogen (secondary N) is 3. The first-order valence-corrected chi connectivity index (χ1v) is 14.2. The van der Waals surface area contributed by atoms with Crippen molar-refractivity contribution in [2.45, 2.75) is 19.6 Å².